The molecule has 2 aromatic carbocycles. The first-order valence-corrected chi connectivity index (χ1v) is 10.1. The van der Waals surface area contributed by atoms with Crippen molar-refractivity contribution in [3.63, 3.8) is 0 Å². The van der Waals surface area contributed by atoms with Gasteiger partial charge in [-0.15, -0.1) is 0 Å². The summed E-state index contributed by atoms with van der Waals surface area (Å²) < 4.78 is 11.7. The zero-order valence-corrected chi connectivity index (χ0v) is 18.1. The molecule has 2 aromatic rings. The molecule has 3 rings (SSSR count). The van der Waals surface area contributed by atoms with E-state index < -0.39 is 0 Å². The van der Waals surface area contributed by atoms with Crippen LogP contribution in [0.2, 0.25) is 0 Å². The van der Waals surface area contributed by atoms with Gasteiger partial charge in [-0.1, -0.05) is 32.9 Å². The molecule has 0 aromatic heterocycles. The van der Waals surface area contributed by atoms with E-state index >= 15 is 0 Å². The Hall–Kier alpha value is -2.04. The second kappa shape index (κ2) is 8.54. The van der Waals surface area contributed by atoms with E-state index in [1.165, 1.54) is 22.3 Å². The minimum Gasteiger partial charge on any atom is -0.496 e. The summed E-state index contributed by atoms with van der Waals surface area (Å²) in [5.74, 6) is 1.89. The Morgan fingerprint density at radius 2 is 1.86 bits per heavy atom. The fraction of sp³-hybridized carbons (Fsp3) is 0.500. The van der Waals surface area contributed by atoms with Crippen molar-refractivity contribution in [2.75, 3.05) is 40.9 Å². The third kappa shape index (κ3) is 4.68. The average molecular weight is 383 g/mol. The molecule has 0 saturated heterocycles. The summed E-state index contributed by atoms with van der Waals surface area (Å²) in [4.78, 5) is 2.13. The van der Waals surface area contributed by atoms with Crippen LogP contribution in [0.3, 0.4) is 0 Å². The third-order valence-electron chi connectivity index (χ3n) is 5.38. The van der Waals surface area contributed by atoms with Crippen LogP contribution < -0.4 is 14.8 Å². The Labute approximate surface area is 169 Å². The molecule has 1 heterocycles. The Morgan fingerprint density at radius 3 is 2.54 bits per heavy atom. The van der Waals surface area contributed by atoms with Crippen molar-refractivity contribution in [2.24, 2.45) is 0 Å². The van der Waals surface area contributed by atoms with Gasteiger partial charge in [0.25, 0.3) is 0 Å². The van der Waals surface area contributed by atoms with E-state index in [-0.39, 0.29) is 11.5 Å². The van der Waals surface area contributed by atoms with Gasteiger partial charge in [-0.25, -0.2) is 0 Å². The predicted molar refractivity (Wildman–Crippen MR) is 116 cm³/mol. The summed E-state index contributed by atoms with van der Waals surface area (Å²) in [6.45, 7) is 9.31. The first-order valence-electron chi connectivity index (χ1n) is 10.1. The highest BCUT2D eigenvalue weighted by molar-refractivity contribution is 5.49. The van der Waals surface area contributed by atoms with Crippen LogP contribution in [-0.4, -0.2) is 45.8 Å². The zero-order chi connectivity index (χ0) is 20.3. The quantitative estimate of drug-likeness (QED) is 0.813. The number of rotatable bonds is 6. The summed E-state index contributed by atoms with van der Waals surface area (Å²) in [5, 5.41) is 3.70. The fourth-order valence-electron chi connectivity index (χ4n) is 3.68. The first-order chi connectivity index (χ1) is 13.3. The number of likely N-dealkylation sites (N-methyl/N-ethyl adjacent to an activating group) is 1. The maximum atomic E-state index is 5.95. The highest BCUT2D eigenvalue weighted by atomic mass is 16.5. The second-order valence-electron chi connectivity index (χ2n) is 8.86. The number of hydrogen-bond donors (Lipinski definition) is 1. The molecule has 4 heteroatoms. The van der Waals surface area contributed by atoms with Gasteiger partial charge >= 0.3 is 0 Å². The molecule has 1 aliphatic rings. The zero-order valence-electron chi connectivity index (χ0n) is 18.1. The summed E-state index contributed by atoms with van der Waals surface area (Å²) in [6, 6.07) is 13.2. The molecule has 4 nitrogen and oxygen atoms in total. The van der Waals surface area contributed by atoms with E-state index in [9.17, 15) is 0 Å². The fourth-order valence-corrected chi connectivity index (χ4v) is 3.68. The van der Waals surface area contributed by atoms with Crippen molar-refractivity contribution in [1.82, 2.24) is 10.2 Å². The SMILES string of the molecule is COc1ccc(C(C)(C)C)cc1C1NCCc2cc(OCCN(C)C)ccc21. The molecule has 0 radical (unpaired) electrons. The number of nitrogens with zero attached hydrogens (tertiary/aromatic N) is 1. The van der Waals surface area contributed by atoms with Crippen LogP contribution in [0.1, 0.15) is 49.1 Å². The van der Waals surface area contributed by atoms with E-state index in [4.69, 9.17) is 9.47 Å². The molecule has 152 valence electrons. The number of benzene rings is 2. The van der Waals surface area contributed by atoms with Gasteiger partial charge in [0, 0.05) is 18.7 Å². The smallest absolute Gasteiger partial charge is 0.124 e. The van der Waals surface area contributed by atoms with Crippen LogP contribution in [0.5, 0.6) is 11.5 Å². The van der Waals surface area contributed by atoms with Gasteiger partial charge in [-0.05, 0) is 66.9 Å². The lowest BCUT2D eigenvalue weighted by atomic mass is 9.83. The highest BCUT2D eigenvalue weighted by Gasteiger charge is 2.26. The third-order valence-corrected chi connectivity index (χ3v) is 5.38. The Kier molecular flexibility index (Phi) is 6.31. The second-order valence-corrected chi connectivity index (χ2v) is 8.86. The molecular formula is C24H34N2O2. The summed E-state index contributed by atoms with van der Waals surface area (Å²) in [5.41, 5.74) is 5.30. The van der Waals surface area contributed by atoms with Gasteiger partial charge in [-0.2, -0.15) is 0 Å². The average Bonchev–Trinajstić information content (AvgIpc) is 2.66. The molecule has 0 aliphatic carbocycles. The number of ether oxygens (including phenoxy) is 2. The van der Waals surface area contributed by atoms with Crippen molar-refractivity contribution in [3.05, 3.63) is 58.7 Å². The van der Waals surface area contributed by atoms with Crippen LogP contribution in [0.4, 0.5) is 0 Å². The Balaban J connectivity index is 1.92. The van der Waals surface area contributed by atoms with Crippen molar-refractivity contribution in [3.8, 4) is 11.5 Å². The molecule has 1 atom stereocenters. The normalized spacial score (nSPS) is 16.8. The van der Waals surface area contributed by atoms with Gasteiger partial charge in [0.05, 0.1) is 13.2 Å². The van der Waals surface area contributed by atoms with Crippen molar-refractivity contribution in [1.29, 1.82) is 0 Å². The Bertz CT molecular complexity index is 809. The molecular weight excluding hydrogens is 348 g/mol. The maximum Gasteiger partial charge on any atom is 0.124 e. The molecule has 28 heavy (non-hydrogen) atoms. The van der Waals surface area contributed by atoms with E-state index in [2.05, 4.69) is 81.5 Å². The molecule has 0 saturated carbocycles. The largest absolute Gasteiger partial charge is 0.496 e. The van der Waals surface area contributed by atoms with Crippen molar-refractivity contribution >= 4 is 0 Å². The lowest BCUT2D eigenvalue weighted by Gasteiger charge is -2.30. The van der Waals surface area contributed by atoms with Crippen LogP contribution >= 0.6 is 0 Å². The summed E-state index contributed by atoms with van der Waals surface area (Å²) in [7, 11) is 5.87. The number of hydrogen-bond acceptors (Lipinski definition) is 4. The minimum absolute atomic E-state index is 0.0999. The topological polar surface area (TPSA) is 33.7 Å². The van der Waals surface area contributed by atoms with E-state index in [1.54, 1.807) is 7.11 Å². The molecule has 1 unspecified atom stereocenters. The molecule has 0 amide bonds. The van der Waals surface area contributed by atoms with Crippen molar-refractivity contribution < 1.29 is 9.47 Å². The van der Waals surface area contributed by atoms with Crippen LogP contribution in [0, 0.1) is 0 Å². The van der Waals surface area contributed by atoms with Gasteiger partial charge in [0.15, 0.2) is 0 Å². The van der Waals surface area contributed by atoms with Gasteiger partial charge < -0.3 is 19.7 Å². The minimum atomic E-state index is 0.0999. The van der Waals surface area contributed by atoms with Crippen molar-refractivity contribution in [2.45, 2.75) is 38.6 Å². The lowest BCUT2D eigenvalue weighted by Crippen LogP contribution is -2.31. The van der Waals surface area contributed by atoms with E-state index in [1.807, 2.05) is 0 Å². The summed E-state index contributed by atoms with van der Waals surface area (Å²) in [6.07, 6.45) is 1.01. The van der Waals surface area contributed by atoms with Crippen LogP contribution in [0.15, 0.2) is 36.4 Å². The van der Waals surface area contributed by atoms with Gasteiger partial charge in [-0.3, -0.25) is 0 Å². The van der Waals surface area contributed by atoms with Crippen LogP contribution in [-0.2, 0) is 11.8 Å². The molecule has 0 bridgehead atoms. The highest BCUT2D eigenvalue weighted by Crippen LogP contribution is 2.37. The molecule has 1 N–H and O–H groups in total. The molecule has 0 spiro atoms. The maximum absolute atomic E-state index is 5.95. The van der Waals surface area contributed by atoms with Crippen LogP contribution in [0.25, 0.3) is 0 Å². The number of fused-ring (bicyclic) bond motifs is 1. The van der Waals surface area contributed by atoms with Gasteiger partial charge in [0.1, 0.15) is 18.1 Å². The standard InChI is InChI=1S/C24H34N2O2/c1-24(2,3)18-7-10-22(27-6)21(16-18)23-20-9-8-19(28-14-13-26(4)5)15-17(20)11-12-25-23/h7-10,15-16,23,25H,11-14H2,1-6H3. The van der Waals surface area contributed by atoms with E-state index in [0.717, 1.165) is 31.0 Å². The first kappa shape index (κ1) is 20.7. The molecule has 1 aliphatic heterocycles. The number of methoxy groups -OCH3 is 1. The van der Waals surface area contributed by atoms with Gasteiger partial charge in [0.2, 0.25) is 0 Å². The Morgan fingerprint density at radius 1 is 1.07 bits per heavy atom. The summed E-state index contributed by atoms with van der Waals surface area (Å²) >= 11 is 0. The number of nitrogens with one attached hydrogen (secondary N) is 1. The van der Waals surface area contributed by atoms with E-state index in [0.29, 0.717) is 6.61 Å². The predicted octanol–water partition coefficient (Wildman–Crippen LogP) is 4.17. The molecule has 0 fully saturated rings. The monoisotopic (exact) mass is 382 g/mol. The lowest BCUT2D eigenvalue weighted by molar-refractivity contribution is 0.261.